The van der Waals surface area contributed by atoms with Crippen molar-refractivity contribution in [1.29, 1.82) is 0 Å². The molecule has 130 valence electrons. The van der Waals surface area contributed by atoms with E-state index in [1.54, 1.807) is 11.3 Å². The van der Waals surface area contributed by atoms with E-state index in [9.17, 15) is 9.18 Å². The molecule has 0 aliphatic rings. The predicted octanol–water partition coefficient (Wildman–Crippen LogP) is 4.99. The van der Waals surface area contributed by atoms with Crippen LogP contribution in [0.3, 0.4) is 0 Å². The second-order valence-electron chi connectivity index (χ2n) is 4.77. The number of benzene rings is 2. The summed E-state index contributed by atoms with van der Waals surface area (Å²) < 4.78 is 12.7. The van der Waals surface area contributed by atoms with Crippen molar-refractivity contribution in [2.75, 3.05) is 0 Å². The Morgan fingerprint density at radius 3 is 2.48 bits per heavy atom. The summed E-state index contributed by atoms with van der Waals surface area (Å²) in [5, 5.41) is 13.5. The maximum atomic E-state index is 12.7. The minimum Gasteiger partial charge on any atom is -0.505 e. The maximum Gasteiger partial charge on any atom is 0.251 e. The molecule has 3 N–H and O–H groups in total. The number of primary amides is 1. The average molecular weight is 444 g/mol. The van der Waals surface area contributed by atoms with Crippen molar-refractivity contribution >= 4 is 44.8 Å². The van der Waals surface area contributed by atoms with Crippen LogP contribution in [0.1, 0.15) is 15.4 Å². The largest absolute Gasteiger partial charge is 0.505 e. The molecule has 0 fully saturated rings. The van der Waals surface area contributed by atoms with Crippen molar-refractivity contribution in [3.05, 3.63) is 69.3 Å². The predicted molar refractivity (Wildman–Crippen MR) is 102 cm³/mol. The van der Waals surface area contributed by atoms with E-state index < -0.39 is 17.5 Å². The van der Waals surface area contributed by atoms with Gasteiger partial charge in [-0.1, -0.05) is 45.7 Å². The van der Waals surface area contributed by atoms with Gasteiger partial charge < -0.3 is 10.8 Å². The summed E-state index contributed by atoms with van der Waals surface area (Å²) in [6, 6.07) is 11.4. The summed E-state index contributed by atoms with van der Waals surface area (Å²) in [6.07, 6.45) is 0. The van der Waals surface area contributed by atoms with E-state index in [0.29, 0.717) is 0 Å². The highest BCUT2D eigenvalue weighted by molar-refractivity contribution is 9.08. The SMILES string of the molecule is Clc1ccc(-c2csc(CBr)n2)cc1.NC(=O)c1cccc(O)c1F. The first-order chi connectivity index (χ1) is 11.9. The van der Waals surface area contributed by atoms with Crippen LogP contribution < -0.4 is 5.73 Å². The Morgan fingerprint density at radius 2 is 1.96 bits per heavy atom. The second-order valence-corrected chi connectivity index (χ2v) is 6.71. The van der Waals surface area contributed by atoms with Gasteiger partial charge in [-0.25, -0.2) is 9.37 Å². The molecule has 0 aliphatic heterocycles. The van der Waals surface area contributed by atoms with Crippen LogP contribution in [0, 0.1) is 5.82 Å². The number of aromatic nitrogens is 1. The van der Waals surface area contributed by atoms with Crippen LogP contribution in [-0.4, -0.2) is 16.0 Å². The van der Waals surface area contributed by atoms with Gasteiger partial charge in [0.15, 0.2) is 11.6 Å². The van der Waals surface area contributed by atoms with E-state index >= 15 is 0 Å². The highest BCUT2D eigenvalue weighted by Crippen LogP contribution is 2.24. The molecule has 8 heteroatoms. The second kappa shape index (κ2) is 8.94. The first-order valence-corrected chi connectivity index (χ1v) is 9.34. The molecule has 0 spiro atoms. The number of alkyl halides is 1. The van der Waals surface area contributed by atoms with Crippen molar-refractivity contribution < 1.29 is 14.3 Å². The summed E-state index contributed by atoms with van der Waals surface area (Å²) in [5.74, 6) is -2.43. The van der Waals surface area contributed by atoms with Crippen molar-refractivity contribution in [2.45, 2.75) is 5.33 Å². The number of phenols is 1. The molecule has 25 heavy (non-hydrogen) atoms. The highest BCUT2D eigenvalue weighted by Gasteiger charge is 2.10. The first-order valence-electron chi connectivity index (χ1n) is 6.96. The molecule has 2 aromatic carbocycles. The monoisotopic (exact) mass is 442 g/mol. The van der Waals surface area contributed by atoms with Crippen LogP contribution in [0.25, 0.3) is 11.3 Å². The Bertz CT molecular complexity index is 871. The molecule has 0 radical (unpaired) electrons. The van der Waals surface area contributed by atoms with Gasteiger partial charge in [-0.2, -0.15) is 0 Å². The Labute approximate surface area is 161 Å². The van der Waals surface area contributed by atoms with Gasteiger partial charge in [-0.3, -0.25) is 4.79 Å². The zero-order valence-electron chi connectivity index (χ0n) is 12.7. The molecule has 0 unspecified atom stereocenters. The number of phenolic OH excluding ortho intramolecular Hbond substituents is 1. The third-order valence-corrected chi connectivity index (χ3v) is 5.05. The van der Waals surface area contributed by atoms with Gasteiger partial charge >= 0.3 is 0 Å². The number of carbonyl (C=O) groups excluding carboxylic acids is 1. The van der Waals surface area contributed by atoms with Crippen LogP contribution in [-0.2, 0) is 5.33 Å². The summed E-state index contributed by atoms with van der Waals surface area (Å²) in [6.45, 7) is 0. The summed E-state index contributed by atoms with van der Waals surface area (Å²) in [7, 11) is 0. The van der Waals surface area contributed by atoms with Gasteiger partial charge in [0.1, 0.15) is 5.01 Å². The molecule has 1 heterocycles. The molecule has 3 aromatic rings. The molecule has 0 atom stereocenters. The van der Waals surface area contributed by atoms with Gasteiger partial charge in [0.2, 0.25) is 0 Å². The fourth-order valence-corrected chi connectivity index (χ4v) is 3.13. The lowest BCUT2D eigenvalue weighted by Gasteiger charge is -1.98. The van der Waals surface area contributed by atoms with Crippen molar-refractivity contribution in [1.82, 2.24) is 4.98 Å². The maximum absolute atomic E-state index is 12.7. The molecule has 0 saturated heterocycles. The fraction of sp³-hybridized carbons (Fsp3) is 0.0588. The third-order valence-electron chi connectivity index (χ3n) is 3.05. The lowest BCUT2D eigenvalue weighted by Crippen LogP contribution is -2.12. The van der Waals surface area contributed by atoms with Crippen LogP contribution >= 0.6 is 38.9 Å². The molecule has 4 nitrogen and oxygen atoms in total. The fourth-order valence-electron chi connectivity index (χ4n) is 1.84. The number of rotatable bonds is 3. The van der Waals surface area contributed by atoms with Crippen LogP contribution in [0.4, 0.5) is 4.39 Å². The molecule has 0 aliphatic carbocycles. The molecule has 3 rings (SSSR count). The number of halogens is 3. The topological polar surface area (TPSA) is 76.2 Å². The van der Waals surface area contributed by atoms with Crippen LogP contribution in [0.15, 0.2) is 47.8 Å². The number of thiazole rings is 1. The average Bonchev–Trinajstić information content (AvgIpc) is 3.07. The van der Waals surface area contributed by atoms with Crippen molar-refractivity contribution in [3.8, 4) is 17.0 Å². The summed E-state index contributed by atoms with van der Waals surface area (Å²) >= 11 is 10.8. The van der Waals surface area contributed by atoms with E-state index in [2.05, 4.69) is 26.3 Å². The van der Waals surface area contributed by atoms with Crippen LogP contribution in [0.5, 0.6) is 5.75 Å². The number of aromatic hydroxyl groups is 1. The normalized spacial score (nSPS) is 10.0. The molecule has 0 saturated carbocycles. The Hall–Kier alpha value is -1.96. The molecule has 1 aromatic heterocycles. The lowest BCUT2D eigenvalue weighted by atomic mass is 10.2. The smallest absolute Gasteiger partial charge is 0.251 e. The van der Waals surface area contributed by atoms with E-state index in [1.165, 1.54) is 12.1 Å². The van der Waals surface area contributed by atoms with E-state index in [1.807, 2.05) is 24.3 Å². The van der Waals surface area contributed by atoms with Gasteiger partial charge in [-0.15, -0.1) is 11.3 Å². The quantitative estimate of drug-likeness (QED) is 0.560. The Morgan fingerprint density at radius 1 is 1.28 bits per heavy atom. The standard InChI is InChI=1S/C10H7BrClNS.C7H6FNO2/c11-5-10-13-9(6-14-10)7-1-3-8(12)4-2-7;8-6-4(7(9)11)2-1-3-5(6)10/h1-4,6H,5H2;1-3,10H,(H2,9,11). The van der Waals surface area contributed by atoms with Gasteiger partial charge in [0.05, 0.1) is 16.6 Å². The van der Waals surface area contributed by atoms with E-state index in [-0.39, 0.29) is 5.56 Å². The van der Waals surface area contributed by atoms with Crippen LogP contribution in [0.2, 0.25) is 5.02 Å². The number of nitrogens with two attached hydrogens (primary N) is 1. The van der Waals surface area contributed by atoms with Crippen molar-refractivity contribution in [3.63, 3.8) is 0 Å². The van der Waals surface area contributed by atoms with E-state index in [4.69, 9.17) is 22.4 Å². The zero-order valence-corrected chi connectivity index (χ0v) is 15.9. The highest BCUT2D eigenvalue weighted by atomic mass is 79.9. The Balaban J connectivity index is 0.000000186. The van der Waals surface area contributed by atoms with E-state index in [0.717, 1.165) is 32.7 Å². The van der Waals surface area contributed by atoms with Gasteiger partial charge in [0, 0.05) is 16.0 Å². The zero-order chi connectivity index (χ0) is 18.4. The van der Waals surface area contributed by atoms with Crippen molar-refractivity contribution in [2.24, 2.45) is 5.73 Å². The molecule has 1 amide bonds. The number of nitrogens with zero attached hydrogens (tertiary/aromatic N) is 1. The molecule has 0 bridgehead atoms. The molecular weight excluding hydrogens is 431 g/mol. The number of amides is 1. The Kier molecular flexibility index (Phi) is 6.92. The number of carbonyl (C=O) groups is 1. The lowest BCUT2D eigenvalue weighted by molar-refractivity contribution is 0.0995. The third kappa shape index (κ3) is 5.26. The first kappa shape index (κ1) is 19.4. The summed E-state index contributed by atoms with van der Waals surface area (Å²) in [4.78, 5) is 14.9. The summed E-state index contributed by atoms with van der Waals surface area (Å²) in [5.41, 5.74) is 6.62. The molecular formula is C17H13BrClFN2O2S. The number of hydrogen-bond donors (Lipinski definition) is 2. The van der Waals surface area contributed by atoms with Gasteiger partial charge in [-0.05, 0) is 24.3 Å². The number of hydrogen-bond acceptors (Lipinski definition) is 4. The van der Waals surface area contributed by atoms with Gasteiger partial charge in [0.25, 0.3) is 5.91 Å². The minimum absolute atomic E-state index is 0.301. The minimum atomic E-state index is -0.972.